The van der Waals surface area contributed by atoms with Crippen LogP contribution in [0.4, 0.5) is 0 Å². The number of carbonyl (C=O) groups is 1. The maximum absolute atomic E-state index is 12.7. The summed E-state index contributed by atoms with van der Waals surface area (Å²) in [6.45, 7) is 0. The number of allylic oxidation sites excluding steroid dienone is 2. The smallest absolute Gasteiger partial charge is 0.167 e. The molecule has 2 bridgehead atoms. The number of benzene rings is 2. The van der Waals surface area contributed by atoms with Gasteiger partial charge in [-0.15, -0.1) is 0 Å². The quantitative estimate of drug-likeness (QED) is 0.643. The molecule has 0 spiro atoms. The molecular weight excluding hydrogens is 232 g/mol. The number of hydrogen-bond acceptors (Lipinski definition) is 1. The number of carbonyl (C=O) groups excluding carboxylic acids is 1. The van der Waals surface area contributed by atoms with E-state index in [-0.39, 0.29) is 5.92 Å². The van der Waals surface area contributed by atoms with Crippen molar-refractivity contribution in [1.82, 2.24) is 0 Å². The van der Waals surface area contributed by atoms with E-state index in [0.717, 1.165) is 5.56 Å². The van der Waals surface area contributed by atoms with Crippen molar-refractivity contribution in [2.24, 2.45) is 17.8 Å². The summed E-state index contributed by atoms with van der Waals surface area (Å²) in [7, 11) is 0. The predicted octanol–water partition coefficient (Wildman–Crippen LogP) is 3.94. The minimum atomic E-state index is 0.238. The van der Waals surface area contributed by atoms with E-state index in [1.165, 1.54) is 22.8 Å². The summed E-state index contributed by atoms with van der Waals surface area (Å²) in [5, 5.41) is 2.45. The van der Waals surface area contributed by atoms with Gasteiger partial charge in [0, 0.05) is 17.4 Å². The fourth-order valence-corrected chi connectivity index (χ4v) is 4.53. The molecule has 0 radical (unpaired) electrons. The third-order valence-electron chi connectivity index (χ3n) is 5.30. The normalized spacial score (nSPS) is 34.0. The number of Topliss-reactive ketones (excluding diaryl/α,β-unsaturated/α-hetero) is 1. The van der Waals surface area contributed by atoms with E-state index in [1.807, 2.05) is 6.07 Å². The lowest BCUT2D eigenvalue weighted by Crippen LogP contribution is -2.18. The van der Waals surface area contributed by atoms with Gasteiger partial charge in [-0.25, -0.2) is 0 Å². The molecule has 19 heavy (non-hydrogen) atoms. The van der Waals surface area contributed by atoms with Crippen LogP contribution >= 0.6 is 0 Å². The minimum Gasteiger partial charge on any atom is -0.294 e. The summed E-state index contributed by atoms with van der Waals surface area (Å²) in [6.07, 6.45) is 5.80. The van der Waals surface area contributed by atoms with E-state index in [1.54, 1.807) is 0 Å². The summed E-state index contributed by atoms with van der Waals surface area (Å²) >= 11 is 0. The maximum atomic E-state index is 12.7. The zero-order chi connectivity index (χ0) is 12.6. The van der Waals surface area contributed by atoms with Gasteiger partial charge in [0.05, 0.1) is 0 Å². The molecule has 1 saturated carbocycles. The number of hydrogen-bond donors (Lipinski definition) is 0. The standard InChI is InChI=1S/C18H14O/c19-18-15-9-11-4-2-1-3-10(11)8-14(15)16-12-5-6-13(7-12)17(16)18/h1-6,8-9,12-13,16-17H,7H2/t12-,13+,16?,17?/m1/s1. The second kappa shape index (κ2) is 3.16. The molecule has 0 amide bonds. The van der Waals surface area contributed by atoms with E-state index in [4.69, 9.17) is 0 Å². The molecule has 4 atom stereocenters. The van der Waals surface area contributed by atoms with Crippen LogP contribution in [0, 0.1) is 17.8 Å². The van der Waals surface area contributed by atoms with Crippen molar-refractivity contribution in [3.05, 3.63) is 59.7 Å². The molecule has 0 aromatic heterocycles. The predicted molar refractivity (Wildman–Crippen MR) is 75.2 cm³/mol. The minimum absolute atomic E-state index is 0.238. The van der Waals surface area contributed by atoms with E-state index in [2.05, 4.69) is 42.5 Å². The van der Waals surface area contributed by atoms with Gasteiger partial charge in [0.25, 0.3) is 0 Å². The Bertz CT molecular complexity index is 755. The van der Waals surface area contributed by atoms with Crippen LogP contribution in [0.15, 0.2) is 48.6 Å². The van der Waals surface area contributed by atoms with Crippen molar-refractivity contribution in [1.29, 1.82) is 0 Å². The van der Waals surface area contributed by atoms with Crippen LogP contribution in [-0.2, 0) is 0 Å². The summed E-state index contributed by atoms with van der Waals surface area (Å²) in [6, 6.07) is 12.7. The van der Waals surface area contributed by atoms with Crippen LogP contribution in [0.3, 0.4) is 0 Å². The average Bonchev–Trinajstić information content (AvgIpc) is 3.11. The molecule has 1 heteroatoms. The van der Waals surface area contributed by atoms with Crippen molar-refractivity contribution in [2.45, 2.75) is 12.3 Å². The first-order valence-corrected chi connectivity index (χ1v) is 7.08. The molecule has 2 aromatic rings. The number of fused-ring (bicyclic) bond motifs is 8. The first-order chi connectivity index (χ1) is 9.33. The van der Waals surface area contributed by atoms with Gasteiger partial charge >= 0.3 is 0 Å². The molecule has 0 aliphatic heterocycles. The van der Waals surface area contributed by atoms with Gasteiger partial charge in [-0.1, -0.05) is 42.5 Å². The molecule has 1 nitrogen and oxygen atoms in total. The molecule has 2 aromatic carbocycles. The van der Waals surface area contributed by atoms with Crippen LogP contribution in [0.1, 0.15) is 28.3 Å². The zero-order valence-corrected chi connectivity index (χ0v) is 10.5. The second-order valence-corrected chi connectivity index (χ2v) is 6.15. The van der Waals surface area contributed by atoms with Crippen molar-refractivity contribution < 1.29 is 4.79 Å². The zero-order valence-electron chi connectivity index (χ0n) is 10.5. The van der Waals surface area contributed by atoms with Crippen LogP contribution in [0.25, 0.3) is 10.8 Å². The van der Waals surface area contributed by atoms with E-state index >= 15 is 0 Å². The van der Waals surface area contributed by atoms with Gasteiger partial charge in [-0.2, -0.15) is 0 Å². The highest BCUT2D eigenvalue weighted by atomic mass is 16.1. The molecule has 0 saturated heterocycles. The van der Waals surface area contributed by atoms with Gasteiger partial charge in [-0.05, 0) is 40.7 Å². The Kier molecular flexibility index (Phi) is 1.66. The molecule has 5 rings (SSSR count). The second-order valence-electron chi connectivity index (χ2n) is 6.15. The van der Waals surface area contributed by atoms with E-state index < -0.39 is 0 Å². The van der Waals surface area contributed by atoms with Gasteiger partial charge in [0.15, 0.2) is 5.78 Å². The first-order valence-electron chi connectivity index (χ1n) is 7.08. The molecule has 0 N–H and O–H groups in total. The third kappa shape index (κ3) is 1.10. The topological polar surface area (TPSA) is 17.1 Å². The van der Waals surface area contributed by atoms with Crippen LogP contribution in [0.5, 0.6) is 0 Å². The fraction of sp³-hybridized carbons (Fsp3) is 0.278. The summed E-state index contributed by atoms with van der Waals surface area (Å²) in [5.41, 5.74) is 2.30. The Morgan fingerprint density at radius 3 is 2.37 bits per heavy atom. The van der Waals surface area contributed by atoms with Crippen LogP contribution in [0.2, 0.25) is 0 Å². The highest BCUT2D eigenvalue weighted by Gasteiger charge is 2.53. The van der Waals surface area contributed by atoms with Crippen LogP contribution < -0.4 is 0 Å². The maximum Gasteiger partial charge on any atom is 0.167 e. The molecule has 3 aliphatic rings. The molecule has 92 valence electrons. The lowest BCUT2D eigenvalue weighted by molar-refractivity contribution is 0.0911. The largest absolute Gasteiger partial charge is 0.294 e. The van der Waals surface area contributed by atoms with Crippen molar-refractivity contribution in [2.75, 3.05) is 0 Å². The van der Waals surface area contributed by atoms with E-state index in [0.29, 0.717) is 23.5 Å². The molecule has 3 aliphatic carbocycles. The summed E-state index contributed by atoms with van der Waals surface area (Å²) < 4.78 is 0. The van der Waals surface area contributed by atoms with Crippen molar-refractivity contribution in [3.8, 4) is 0 Å². The van der Waals surface area contributed by atoms with E-state index in [9.17, 15) is 4.79 Å². The summed E-state index contributed by atoms with van der Waals surface area (Å²) in [5.74, 6) is 2.19. The molecular formula is C18H14O. The van der Waals surface area contributed by atoms with Gasteiger partial charge in [0.1, 0.15) is 0 Å². The SMILES string of the molecule is O=C1c2cc3ccccc3cc2C2C1[C@H]1C=C[C@@H]2C1. The number of ketones is 1. The molecule has 0 heterocycles. The summed E-state index contributed by atoms with van der Waals surface area (Å²) in [4.78, 5) is 12.7. The molecule has 1 fully saturated rings. The fourth-order valence-electron chi connectivity index (χ4n) is 4.53. The van der Waals surface area contributed by atoms with Gasteiger partial charge in [-0.3, -0.25) is 4.79 Å². The monoisotopic (exact) mass is 246 g/mol. The third-order valence-corrected chi connectivity index (χ3v) is 5.30. The highest BCUT2D eigenvalue weighted by molar-refractivity contribution is 6.07. The Morgan fingerprint density at radius 2 is 1.58 bits per heavy atom. The first kappa shape index (κ1) is 9.96. The lowest BCUT2D eigenvalue weighted by Gasteiger charge is -2.19. The Balaban J connectivity index is 1.81. The van der Waals surface area contributed by atoms with Crippen molar-refractivity contribution in [3.63, 3.8) is 0 Å². The Hall–Kier alpha value is -1.89. The molecule has 2 unspecified atom stereocenters. The van der Waals surface area contributed by atoms with Gasteiger partial charge in [0.2, 0.25) is 0 Å². The average molecular weight is 246 g/mol. The van der Waals surface area contributed by atoms with Crippen molar-refractivity contribution >= 4 is 16.6 Å². The number of rotatable bonds is 0. The lowest BCUT2D eigenvalue weighted by atomic mass is 9.83. The highest BCUT2D eigenvalue weighted by Crippen LogP contribution is 2.58. The van der Waals surface area contributed by atoms with Crippen LogP contribution in [-0.4, -0.2) is 5.78 Å². The Labute approximate surface area is 111 Å². The Morgan fingerprint density at radius 1 is 0.895 bits per heavy atom. The van der Waals surface area contributed by atoms with Gasteiger partial charge < -0.3 is 0 Å².